The van der Waals surface area contributed by atoms with Crippen LogP contribution in [0.4, 0.5) is 0 Å². The van der Waals surface area contributed by atoms with Crippen LogP contribution in [0.5, 0.6) is 11.5 Å². The molecule has 2 aliphatic rings. The molecule has 1 aliphatic carbocycles. The molecule has 11 rings (SSSR count). The van der Waals surface area contributed by atoms with Crippen molar-refractivity contribution in [2.24, 2.45) is 0 Å². The fourth-order valence-corrected chi connectivity index (χ4v) is 8.85. The topological polar surface area (TPSA) is 35.0 Å². The second-order valence-corrected chi connectivity index (χ2v) is 14.5. The second-order valence-electron chi connectivity index (χ2n) is 14.5. The zero-order valence-corrected chi connectivity index (χ0v) is 30.4. The van der Waals surface area contributed by atoms with Gasteiger partial charge in [0.25, 0.3) is 0 Å². The minimum absolute atomic E-state index is 0.502. The summed E-state index contributed by atoms with van der Waals surface area (Å²) in [5.74, 6) is 2.47. The fourth-order valence-electron chi connectivity index (χ4n) is 8.85. The normalized spacial score (nSPS) is 12.9. The van der Waals surface area contributed by atoms with E-state index in [1.807, 2.05) is 24.3 Å². The molecule has 0 atom stereocenters. The summed E-state index contributed by atoms with van der Waals surface area (Å²) in [6.07, 6.45) is 0. The lowest BCUT2D eigenvalue weighted by Crippen LogP contribution is -2.32. The number of nitrogens with zero attached hydrogens (tertiary/aromatic N) is 2. The van der Waals surface area contributed by atoms with E-state index < -0.39 is 5.41 Å². The van der Waals surface area contributed by atoms with Crippen LogP contribution >= 0.6 is 0 Å². The van der Waals surface area contributed by atoms with Gasteiger partial charge >= 0.3 is 0 Å². The first-order valence-corrected chi connectivity index (χ1v) is 19.1. The Kier molecular flexibility index (Phi) is 7.39. The molecule has 3 nitrogen and oxygen atoms in total. The first kappa shape index (κ1) is 32.1. The standard InChI is InChI=1S/C53H34N2O/c1-3-14-35(15-4-1)36-26-30-38(31-27-36)48-34-49(55-52(54-48)40-16-5-2-6-17-40)39-32-28-37(29-33-39)41-20-13-24-47-51(41)56-50-25-12-11-23-46(50)53(47)44-21-9-7-18-42(44)43-19-8-10-22-45(43)53/h1-34H. The van der Waals surface area contributed by atoms with Crippen LogP contribution in [0.3, 0.4) is 0 Å². The Bertz CT molecular complexity index is 2870. The Labute approximate surface area is 326 Å². The van der Waals surface area contributed by atoms with Crippen LogP contribution in [-0.2, 0) is 5.41 Å². The molecule has 1 aromatic heterocycles. The smallest absolute Gasteiger partial charge is 0.160 e. The van der Waals surface area contributed by atoms with Crippen molar-refractivity contribution in [1.29, 1.82) is 0 Å². The summed E-state index contributed by atoms with van der Waals surface area (Å²) in [6, 6.07) is 72.9. The maximum absolute atomic E-state index is 6.94. The van der Waals surface area contributed by atoms with Gasteiger partial charge in [-0.15, -0.1) is 0 Å². The molecule has 1 spiro atoms. The van der Waals surface area contributed by atoms with E-state index in [0.29, 0.717) is 5.82 Å². The van der Waals surface area contributed by atoms with Gasteiger partial charge in [0.15, 0.2) is 5.82 Å². The molecule has 2 heterocycles. The predicted molar refractivity (Wildman–Crippen MR) is 227 cm³/mol. The maximum Gasteiger partial charge on any atom is 0.160 e. The van der Waals surface area contributed by atoms with Gasteiger partial charge in [-0.1, -0.05) is 194 Å². The van der Waals surface area contributed by atoms with Gasteiger partial charge in [-0.3, -0.25) is 0 Å². The average molecular weight is 715 g/mol. The molecule has 0 fully saturated rings. The molecule has 0 bridgehead atoms. The van der Waals surface area contributed by atoms with Crippen molar-refractivity contribution in [2.75, 3.05) is 0 Å². The molecule has 0 saturated carbocycles. The van der Waals surface area contributed by atoms with Crippen LogP contribution in [0, 0.1) is 0 Å². The first-order chi connectivity index (χ1) is 27.8. The quantitative estimate of drug-likeness (QED) is 0.178. The number of aromatic nitrogens is 2. The molecule has 1 aliphatic heterocycles. The second kappa shape index (κ2) is 12.9. The van der Waals surface area contributed by atoms with Gasteiger partial charge < -0.3 is 4.74 Å². The van der Waals surface area contributed by atoms with Crippen LogP contribution in [0.15, 0.2) is 206 Å². The highest BCUT2D eigenvalue weighted by Gasteiger charge is 2.51. The first-order valence-electron chi connectivity index (χ1n) is 19.1. The molecule has 3 heteroatoms. The lowest BCUT2D eigenvalue weighted by Gasteiger charge is -2.40. The van der Waals surface area contributed by atoms with Crippen LogP contribution < -0.4 is 4.74 Å². The molecule has 0 amide bonds. The molecule has 9 aromatic rings. The summed E-state index contributed by atoms with van der Waals surface area (Å²) in [7, 11) is 0. The molecule has 0 saturated heterocycles. The van der Waals surface area contributed by atoms with Gasteiger partial charge in [0.1, 0.15) is 11.5 Å². The van der Waals surface area contributed by atoms with Crippen LogP contribution in [0.1, 0.15) is 22.3 Å². The highest BCUT2D eigenvalue weighted by molar-refractivity contribution is 5.90. The average Bonchev–Trinajstić information content (AvgIpc) is 3.57. The van der Waals surface area contributed by atoms with Gasteiger partial charge in [-0.05, 0) is 51.1 Å². The highest BCUT2D eigenvalue weighted by atomic mass is 16.5. The maximum atomic E-state index is 6.94. The third kappa shape index (κ3) is 4.98. The number of benzene rings is 8. The Morgan fingerprint density at radius 2 is 0.768 bits per heavy atom. The van der Waals surface area contributed by atoms with E-state index in [2.05, 4.69) is 182 Å². The van der Waals surface area contributed by atoms with E-state index >= 15 is 0 Å². The third-order valence-corrected chi connectivity index (χ3v) is 11.4. The molecule has 0 unspecified atom stereocenters. The highest BCUT2D eigenvalue weighted by Crippen LogP contribution is 2.63. The fraction of sp³-hybridized carbons (Fsp3) is 0.0189. The van der Waals surface area contributed by atoms with Crippen molar-refractivity contribution >= 4 is 0 Å². The van der Waals surface area contributed by atoms with E-state index in [0.717, 1.165) is 56.3 Å². The van der Waals surface area contributed by atoms with E-state index in [9.17, 15) is 0 Å². The summed E-state index contributed by atoms with van der Waals surface area (Å²) in [4.78, 5) is 10.2. The van der Waals surface area contributed by atoms with E-state index in [1.54, 1.807) is 0 Å². The Hall–Kier alpha value is -7.36. The minimum atomic E-state index is -0.502. The van der Waals surface area contributed by atoms with Gasteiger partial charge in [0, 0.05) is 33.4 Å². The minimum Gasteiger partial charge on any atom is -0.456 e. The zero-order chi connectivity index (χ0) is 37.1. The van der Waals surface area contributed by atoms with Crippen molar-refractivity contribution in [1.82, 2.24) is 9.97 Å². The summed E-state index contributed by atoms with van der Waals surface area (Å²) in [6.45, 7) is 0. The van der Waals surface area contributed by atoms with Gasteiger partial charge in [-0.25, -0.2) is 9.97 Å². The number of rotatable bonds is 5. The Morgan fingerprint density at radius 3 is 1.39 bits per heavy atom. The summed E-state index contributed by atoms with van der Waals surface area (Å²) in [5.41, 5.74) is 16.2. The molecule has 56 heavy (non-hydrogen) atoms. The Balaban J connectivity index is 1.02. The number of para-hydroxylation sites is 2. The van der Waals surface area contributed by atoms with Crippen molar-refractivity contribution in [3.63, 3.8) is 0 Å². The molecular formula is C53H34N2O. The van der Waals surface area contributed by atoms with Gasteiger partial charge in [0.2, 0.25) is 0 Å². The monoisotopic (exact) mass is 714 g/mol. The molecule has 0 radical (unpaired) electrons. The molecule has 262 valence electrons. The van der Waals surface area contributed by atoms with Crippen LogP contribution in [-0.4, -0.2) is 9.97 Å². The molecule has 0 N–H and O–H groups in total. The van der Waals surface area contributed by atoms with Crippen molar-refractivity contribution < 1.29 is 4.74 Å². The van der Waals surface area contributed by atoms with Crippen LogP contribution in [0.25, 0.3) is 67.3 Å². The predicted octanol–water partition coefficient (Wildman–Crippen LogP) is 13.3. The largest absolute Gasteiger partial charge is 0.456 e. The number of hydrogen-bond donors (Lipinski definition) is 0. The van der Waals surface area contributed by atoms with E-state index in [4.69, 9.17) is 14.7 Å². The Morgan fingerprint density at radius 1 is 0.321 bits per heavy atom. The van der Waals surface area contributed by atoms with Gasteiger partial charge in [-0.2, -0.15) is 0 Å². The number of fused-ring (bicyclic) bond motifs is 9. The number of hydrogen-bond acceptors (Lipinski definition) is 3. The van der Waals surface area contributed by atoms with E-state index in [1.165, 1.54) is 38.9 Å². The summed E-state index contributed by atoms with van der Waals surface area (Å²) >= 11 is 0. The molecular weight excluding hydrogens is 681 g/mol. The summed E-state index contributed by atoms with van der Waals surface area (Å²) < 4.78 is 6.94. The van der Waals surface area contributed by atoms with E-state index in [-0.39, 0.29) is 0 Å². The van der Waals surface area contributed by atoms with Crippen molar-refractivity contribution in [3.05, 3.63) is 229 Å². The summed E-state index contributed by atoms with van der Waals surface area (Å²) in [5, 5.41) is 0. The molecule has 8 aromatic carbocycles. The lowest BCUT2D eigenvalue weighted by atomic mass is 9.65. The number of ether oxygens (including phenoxy) is 1. The lowest BCUT2D eigenvalue weighted by molar-refractivity contribution is 0.438. The SMILES string of the molecule is c1ccc(-c2ccc(-c3cc(-c4ccc(-c5cccc6c5Oc5ccccc5C65c6ccccc6-c6ccccc65)cc4)nc(-c4ccccc4)n3)cc2)cc1. The van der Waals surface area contributed by atoms with Crippen molar-refractivity contribution in [2.45, 2.75) is 5.41 Å². The van der Waals surface area contributed by atoms with Crippen molar-refractivity contribution in [3.8, 4) is 78.8 Å². The third-order valence-electron chi connectivity index (χ3n) is 11.4. The van der Waals surface area contributed by atoms with Crippen LogP contribution in [0.2, 0.25) is 0 Å². The zero-order valence-electron chi connectivity index (χ0n) is 30.4. The van der Waals surface area contributed by atoms with Gasteiger partial charge in [0.05, 0.1) is 16.8 Å².